The van der Waals surface area contributed by atoms with Gasteiger partial charge in [0.05, 0.1) is 0 Å². The average Bonchev–Trinajstić information content (AvgIpc) is 2.73. The lowest BCUT2D eigenvalue weighted by atomic mass is 9.64. The van der Waals surface area contributed by atoms with Crippen LogP contribution in [0, 0.1) is 29.1 Å². The number of hydrogen-bond donors (Lipinski definition) is 0. The summed E-state index contributed by atoms with van der Waals surface area (Å²) in [5.41, 5.74) is 0.604. The van der Waals surface area contributed by atoms with Crippen molar-refractivity contribution in [3.63, 3.8) is 0 Å². The Balaban J connectivity index is 1.73. The van der Waals surface area contributed by atoms with E-state index in [1.165, 1.54) is 51.7 Å². The molecule has 108 valence electrons. The molecule has 0 radical (unpaired) electrons. The zero-order valence-corrected chi connectivity index (χ0v) is 13.1. The van der Waals surface area contributed by atoms with E-state index in [1.54, 1.807) is 0 Å². The summed E-state index contributed by atoms with van der Waals surface area (Å²) in [5.74, 6) is 3.76. The van der Waals surface area contributed by atoms with Crippen molar-refractivity contribution in [2.24, 2.45) is 29.1 Å². The Morgan fingerprint density at radius 3 is 2.84 bits per heavy atom. The maximum Gasteiger partial charge on any atom is 0.00124 e. The Hall–Kier alpha value is -0.300. The standard InChI is InChI=1S/C18H31N/c1-4-19-12-14(2)17-9-11-18(3)10-5-6-16(18)8-7-15(17)13-19/h5-6,14-17H,4,7-13H2,1-3H3. The fourth-order valence-electron chi connectivity index (χ4n) is 5.14. The van der Waals surface area contributed by atoms with Crippen LogP contribution in [-0.4, -0.2) is 24.5 Å². The minimum Gasteiger partial charge on any atom is -0.303 e. The van der Waals surface area contributed by atoms with Crippen molar-refractivity contribution >= 4 is 0 Å². The molecular weight excluding hydrogens is 230 g/mol. The maximum absolute atomic E-state index is 2.69. The fourth-order valence-corrected chi connectivity index (χ4v) is 5.14. The smallest absolute Gasteiger partial charge is 0.00124 e. The Labute approximate surface area is 119 Å². The van der Waals surface area contributed by atoms with E-state index in [9.17, 15) is 0 Å². The second kappa shape index (κ2) is 5.24. The van der Waals surface area contributed by atoms with Gasteiger partial charge < -0.3 is 4.90 Å². The van der Waals surface area contributed by atoms with E-state index in [0.29, 0.717) is 5.41 Å². The number of rotatable bonds is 1. The highest BCUT2D eigenvalue weighted by Crippen LogP contribution is 2.50. The van der Waals surface area contributed by atoms with E-state index in [4.69, 9.17) is 0 Å². The molecule has 0 amide bonds. The van der Waals surface area contributed by atoms with Gasteiger partial charge in [-0.05, 0) is 67.7 Å². The molecule has 0 N–H and O–H groups in total. The second-order valence-electron chi connectivity index (χ2n) is 7.76. The van der Waals surface area contributed by atoms with Crippen molar-refractivity contribution in [1.29, 1.82) is 0 Å². The van der Waals surface area contributed by atoms with Crippen molar-refractivity contribution in [1.82, 2.24) is 4.90 Å². The summed E-state index contributed by atoms with van der Waals surface area (Å²) >= 11 is 0. The van der Waals surface area contributed by atoms with Crippen LogP contribution in [0.25, 0.3) is 0 Å². The van der Waals surface area contributed by atoms with Crippen molar-refractivity contribution < 1.29 is 0 Å². The van der Waals surface area contributed by atoms with Crippen LogP contribution in [0.15, 0.2) is 12.2 Å². The van der Waals surface area contributed by atoms with E-state index >= 15 is 0 Å². The largest absolute Gasteiger partial charge is 0.303 e. The third-order valence-electron chi connectivity index (χ3n) is 6.57. The van der Waals surface area contributed by atoms with Gasteiger partial charge in [0.2, 0.25) is 0 Å². The summed E-state index contributed by atoms with van der Waals surface area (Å²) in [5, 5.41) is 0. The molecule has 1 aliphatic heterocycles. The Morgan fingerprint density at radius 1 is 1.21 bits per heavy atom. The van der Waals surface area contributed by atoms with Crippen LogP contribution < -0.4 is 0 Å². The lowest BCUT2D eigenvalue weighted by molar-refractivity contribution is 0.0312. The number of likely N-dealkylation sites (tertiary alicyclic amines) is 1. The second-order valence-corrected chi connectivity index (χ2v) is 7.76. The normalized spacial score (nSPS) is 47.3. The zero-order valence-electron chi connectivity index (χ0n) is 13.1. The van der Waals surface area contributed by atoms with Gasteiger partial charge in [0.15, 0.2) is 0 Å². The summed E-state index contributed by atoms with van der Waals surface area (Å²) in [4.78, 5) is 2.69. The third-order valence-corrected chi connectivity index (χ3v) is 6.57. The van der Waals surface area contributed by atoms with Crippen molar-refractivity contribution in [3.05, 3.63) is 12.2 Å². The van der Waals surface area contributed by atoms with Crippen LogP contribution in [0.3, 0.4) is 0 Å². The monoisotopic (exact) mass is 261 g/mol. The van der Waals surface area contributed by atoms with Crippen LogP contribution in [0.2, 0.25) is 0 Å². The molecule has 5 unspecified atom stereocenters. The molecule has 1 heteroatoms. The number of fused-ring (bicyclic) bond motifs is 2. The fraction of sp³-hybridized carbons (Fsp3) is 0.889. The van der Waals surface area contributed by atoms with Crippen molar-refractivity contribution in [3.8, 4) is 0 Å². The third kappa shape index (κ3) is 2.51. The van der Waals surface area contributed by atoms with Gasteiger partial charge in [-0.2, -0.15) is 0 Å². The highest BCUT2D eigenvalue weighted by atomic mass is 15.1. The van der Waals surface area contributed by atoms with Crippen LogP contribution >= 0.6 is 0 Å². The first-order chi connectivity index (χ1) is 9.12. The highest BCUT2D eigenvalue weighted by molar-refractivity contribution is 5.08. The van der Waals surface area contributed by atoms with Crippen LogP contribution in [0.1, 0.15) is 52.9 Å². The Morgan fingerprint density at radius 2 is 2.05 bits per heavy atom. The number of nitrogens with zero attached hydrogens (tertiary/aromatic N) is 1. The topological polar surface area (TPSA) is 3.24 Å². The summed E-state index contributed by atoms with van der Waals surface area (Å²) in [7, 11) is 0. The van der Waals surface area contributed by atoms with Gasteiger partial charge in [-0.3, -0.25) is 0 Å². The van der Waals surface area contributed by atoms with E-state index in [-0.39, 0.29) is 0 Å². The van der Waals surface area contributed by atoms with Crippen LogP contribution in [-0.2, 0) is 0 Å². The number of piperidine rings is 1. The molecule has 1 saturated carbocycles. The Kier molecular flexibility index (Phi) is 3.77. The molecule has 0 aromatic carbocycles. The predicted molar refractivity (Wildman–Crippen MR) is 82.1 cm³/mol. The van der Waals surface area contributed by atoms with Gasteiger partial charge in [0, 0.05) is 13.1 Å². The predicted octanol–water partition coefficient (Wildman–Crippen LogP) is 4.35. The molecule has 2 aliphatic carbocycles. The van der Waals surface area contributed by atoms with E-state index in [1.807, 2.05) is 0 Å². The molecule has 2 fully saturated rings. The first kappa shape index (κ1) is 13.7. The van der Waals surface area contributed by atoms with E-state index < -0.39 is 0 Å². The lowest BCUT2D eigenvalue weighted by Crippen LogP contribution is -2.46. The molecule has 1 nitrogen and oxygen atoms in total. The van der Waals surface area contributed by atoms with E-state index in [0.717, 1.165) is 23.7 Å². The first-order valence-electron chi connectivity index (χ1n) is 8.51. The zero-order chi connectivity index (χ0) is 13.5. The SMILES string of the molecule is CCN1CC(C)C2CCC3(C)CC=CC3CCC2C1. The summed E-state index contributed by atoms with van der Waals surface area (Å²) < 4.78 is 0. The van der Waals surface area contributed by atoms with Gasteiger partial charge in [0.25, 0.3) is 0 Å². The molecule has 0 aromatic rings. The summed E-state index contributed by atoms with van der Waals surface area (Å²) in [6.45, 7) is 11.3. The summed E-state index contributed by atoms with van der Waals surface area (Å²) in [6, 6.07) is 0. The molecule has 1 heterocycles. The molecule has 0 spiro atoms. The minimum atomic E-state index is 0.604. The molecule has 3 aliphatic rings. The van der Waals surface area contributed by atoms with E-state index in [2.05, 4.69) is 37.8 Å². The van der Waals surface area contributed by atoms with Crippen molar-refractivity contribution in [2.45, 2.75) is 52.9 Å². The summed E-state index contributed by atoms with van der Waals surface area (Å²) in [6.07, 6.45) is 12.2. The first-order valence-corrected chi connectivity index (χ1v) is 8.51. The minimum absolute atomic E-state index is 0.604. The molecule has 19 heavy (non-hydrogen) atoms. The molecule has 5 atom stereocenters. The molecular formula is C18H31N. The van der Waals surface area contributed by atoms with Crippen LogP contribution in [0.5, 0.6) is 0 Å². The van der Waals surface area contributed by atoms with Gasteiger partial charge in [-0.15, -0.1) is 0 Å². The molecule has 0 bridgehead atoms. The van der Waals surface area contributed by atoms with Crippen molar-refractivity contribution in [2.75, 3.05) is 19.6 Å². The van der Waals surface area contributed by atoms with Crippen LogP contribution in [0.4, 0.5) is 0 Å². The number of hydrogen-bond acceptors (Lipinski definition) is 1. The molecule has 0 aromatic heterocycles. The highest BCUT2D eigenvalue weighted by Gasteiger charge is 2.41. The number of allylic oxidation sites excluding steroid dienone is 2. The quantitative estimate of drug-likeness (QED) is 0.634. The molecule has 1 saturated heterocycles. The maximum atomic E-state index is 2.69. The van der Waals surface area contributed by atoms with Gasteiger partial charge in [0.1, 0.15) is 0 Å². The van der Waals surface area contributed by atoms with Gasteiger partial charge in [-0.1, -0.05) is 32.9 Å². The van der Waals surface area contributed by atoms with Gasteiger partial charge in [-0.25, -0.2) is 0 Å². The molecule has 3 rings (SSSR count). The van der Waals surface area contributed by atoms with Gasteiger partial charge >= 0.3 is 0 Å². The average molecular weight is 261 g/mol. The Bertz CT molecular complexity index is 348. The lowest BCUT2D eigenvalue weighted by Gasteiger charge is -2.46.